The zero-order valence-corrected chi connectivity index (χ0v) is 13.1. The lowest BCUT2D eigenvalue weighted by Crippen LogP contribution is -2.34. The summed E-state index contributed by atoms with van der Waals surface area (Å²) in [6.45, 7) is 3.61. The van der Waals surface area contributed by atoms with Crippen LogP contribution in [0.1, 0.15) is 17.4 Å². The van der Waals surface area contributed by atoms with Crippen LogP contribution in [0, 0.1) is 6.92 Å². The van der Waals surface area contributed by atoms with Gasteiger partial charge in [-0.15, -0.1) is 11.3 Å². The summed E-state index contributed by atoms with van der Waals surface area (Å²) in [6, 6.07) is 8.63. The number of nitrogen functional groups attached to an aromatic ring is 1. The maximum absolute atomic E-state index is 12.4. The first-order valence-corrected chi connectivity index (χ1v) is 8.65. The van der Waals surface area contributed by atoms with Crippen LogP contribution in [0.25, 0.3) is 0 Å². The summed E-state index contributed by atoms with van der Waals surface area (Å²) >= 11 is 1.63. The van der Waals surface area contributed by atoms with Gasteiger partial charge in [0.2, 0.25) is 10.0 Å². The van der Waals surface area contributed by atoms with Crippen molar-refractivity contribution in [2.75, 3.05) is 5.73 Å². The number of aryl methyl sites for hydroxylation is 1. The summed E-state index contributed by atoms with van der Waals surface area (Å²) in [7, 11) is -3.51. The molecule has 0 amide bonds. The average Bonchev–Trinajstić information content (AvgIpc) is 2.79. The van der Waals surface area contributed by atoms with Crippen LogP contribution in [0.15, 0.2) is 40.6 Å². The second-order valence-corrected chi connectivity index (χ2v) is 7.55. The van der Waals surface area contributed by atoms with Gasteiger partial charge in [-0.05, 0) is 55.5 Å². The lowest BCUT2D eigenvalue weighted by atomic mass is 10.2. The fraction of sp³-hybridized carbons (Fsp3) is 0.286. The third-order valence-electron chi connectivity index (χ3n) is 2.93. The van der Waals surface area contributed by atoms with Crippen molar-refractivity contribution in [3.05, 3.63) is 46.2 Å². The van der Waals surface area contributed by atoms with E-state index in [9.17, 15) is 8.42 Å². The van der Waals surface area contributed by atoms with Gasteiger partial charge in [-0.25, -0.2) is 13.1 Å². The van der Waals surface area contributed by atoms with Gasteiger partial charge in [-0.1, -0.05) is 6.07 Å². The molecule has 0 aliphatic heterocycles. The zero-order valence-electron chi connectivity index (χ0n) is 11.5. The SMILES string of the molecule is Cc1cc(N)ccc1S(=O)(=O)NC(C)Cc1cccs1. The lowest BCUT2D eigenvalue weighted by molar-refractivity contribution is 0.560. The summed E-state index contributed by atoms with van der Waals surface area (Å²) < 4.78 is 27.4. The molecule has 0 bridgehead atoms. The van der Waals surface area contributed by atoms with Gasteiger partial charge in [0, 0.05) is 16.6 Å². The third kappa shape index (κ3) is 3.59. The number of hydrogen-bond acceptors (Lipinski definition) is 4. The Morgan fingerprint density at radius 1 is 1.35 bits per heavy atom. The van der Waals surface area contributed by atoms with Crippen LogP contribution in [0.4, 0.5) is 5.69 Å². The van der Waals surface area contributed by atoms with Crippen molar-refractivity contribution < 1.29 is 8.42 Å². The smallest absolute Gasteiger partial charge is 0.241 e. The molecule has 1 aromatic heterocycles. The van der Waals surface area contributed by atoms with E-state index in [0.717, 1.165) is 4.88 Å². The van der Waals surface area contributed by atoms with Gasteiger partial charge in [0.15, 0.2) is 0 Å². The second kappa shape index (κ2) is 5.95. The van der Waals surface area contributed by atoms with Crippen molar-refractivity contribution >= 4 is 27.0 Å². The van der Waals surface area contributed by atoms with E-state index in [-0.39, 0.29) is 10.9 Å². The molecule has 0 radical (unpaired) electrons. The number of sulfonamides is 1. The Bertz CT molecular complexity index is 679. The molecular formula is C14H18N2O2S2. The number of nitrogens with one attached hydrogen (secondary N) is 1. The Morgan fingerprint density at radius 3 is 2.70 bits per heavy atom. The summed E-state index contributed by atoms with van der Waals surface area (Å²) in [5.41, 5.74) is 6.87. The van der Waals surface area contributed by atoms with E-state index in [4.69, 9.17) is 5.73 Å². The molecule has 1 atom stereocenters. The van der Waals surface area contributed by atoms with Gasteiger partial charge in [0.1, 0.15) is 0 Å². The molecule has 0 fully saturated rings. The Kier molecular flexibility index (Phi) is 4.47. The van der Waals surface area contributed by atoms with Gasteiger partial charge in [0.25, 0.3) is 0 Å². The van der Waals surface area contributed by atoms with Crippen LogP contribution in [0.3, 0.4) is 0 Å². The highest BCUT2D eigenvalue weighted by Gasteiger charge is 2.19. The minimum absolute atomic E-state index is 0.157. The van der Waals surface area contributed by atoms with Crippen LogP contribution in [-0.2, 0) is 16.4 Å². The van der Waals surface area contributed by atoms with Crippen LogP contribution in [0.2, 0.25) is 0 Å². The number of benzene rings is 1. The summed E-state index contributed by atoms with van der Waals surface area (Å²) in [6.07, 6.45) is 0.685. The fourth-order valence-electron chi connectivity index (χ4n) is 2.07. The predicted octanol–water partition coefficient (Wildman–Crippen LogP) is 2.55. The van der Waals surface area contributed by atoms with E-state index in [1.54, 1.807) is 36.5 Å². The van der Waals surface area contributed by atoms with E-state index < -0.39 is 10.0 Å². The Labute approximate surface area is 123 Å². The number of nitrogens with two attached hydrogens (primary N) is 1. The highest BCUT2D eigenvalue weighted by atomic mass is 32.2. The van der Waals surface area contributed by atoms with E-state index in [1.165, 1.54) is 0 Å². The van der Waals surface area contributed by atoms with E-state index in [2.05, 4.69) is 4.72 Å². The zero-order chi connectivity index (χ0) is 14.8. The summed E-state index contributed by atoms with van der Waals surface area (Å²) in [5, 5.41) is 1.99. The van der Waals surface area contributed by atoms with Crippen LogP contribution in [0.5, 0.6) is 0 Å². The molecule has 1 heterocycles. The van der Waals surface area contributed by atoms with Crippen LogP contribution >= 0.6 is 11.3 Å². The van der Waals surface area contributed by atoms with Crippen molar-refractivity contribution in [2.24, 2.45) is 0 Å². The Balaban J connectivity index is 2.14. The number of anilines is 1. The Hall–Kier alpha value is -1.37. The van der Waals surface area contributed by atoms with Crippen molar-refractivity contribution in [1.82, 2.24) is 4.72 Å². The summed E-state index contributed by atoms with van der Waals surface area (Å²) in [5.74, 6) is 0. The molecule has 4 nitrogen and oxygen atoms in total. The maximum atomic E-state index is 12.4. The molecule has 6 heteroatoms. The molecular weight excluding hydrogens is 292 g/mol. The van der Waals surface area contributed by atoms with Gasteiger partial charge in [-0.2, -0.15) is 0 Å². The number of hydrogen-bond donors (Lipinski definition) is 2. The van der Waals surface area contributed by atoms with Gasteiger partial charge < -0.3 is 5.73 Å². The molecule has 1 unspecified atom stereocenters. The third-order valence-corrected chi connectivity index (χ3v) is 5.58. The average molecular weight is 310 g/mol. The van der Waals surface area contributed by atoms with E-state index in [0.29, 0.717) is 17.7 Å². The largest absolute Gasteiger partial charge is 0.399 e. The fourth-order valence-corrected chi connectivity index (χ4v) is 4.38. The van der Waals surface area contributed by atoms with Gasteiger partial charge >= 0.3 is 0 Å². The van der Waals surface area contributed by atoms with Crippen LogP contribution in [-0.4, -0.2) is 14.5 Å². The first-order valence-electron chi connectivity index (χ1n) is 6.29. The maximum Gasteiger partial charge on any atom is 0.241 e. The molecule has 0 aliphatic rings. The molecule has 1 aromatic carbocycles. The topological polar surface area (TPSA) is 72.2 Å². The van der Waals surface area contributed by atoms with Gasteiger partial charge in [0.05, 0.1) is 4.90 Å². The van der Waals surface area contributed by atoms with Gasteiger partial charge in [-0.3, -0.25) is 0 Å². The van der Waals surface area contributed by atoms with Crippen molar-refractivity contribution in [3.8, 4) is 0 Å². The first kappa shape index (κ1) is 15.0. The first-order chi connectivity index (χ1) is 9.38. The van der Waals surface area contributed by atoms with E-state index in [1.807, 2.05) is 24.4 Å². The standard InChI is InChI=1S/C14H18N2O2S2/c1-10-8-12(15)5-6-14(10)20(17,18)16-11(2)9-13-4-3-7-19-13/h3-8,11,16H,9,15H2,1-2H3. The monoisotopic (exact) mass is 310 g/mol. The van der Waals surface area contributed by atoms with Crippen molar-refractivity contribution in [3.63, 3.8) is 0 Å². The molecule has 2 rings (SSSR count). The molecule has 0 spiro atoms. The summed E-state index contributed by atoms with van der Waals surface area (Å²) in [4.78, 5) is 1.44. The molecule has 3 N–H and O–H groups in total. The minimum Gasteiger partial charge on any atom is -0.399 e. The molecule has 108 valence electrons. The van der Waals surface area contributed by atoms with Crippen LogP contribution < -0.4 is 10.5 Å². The molecule has 0 saturated heterocycles. The highest BCUT2D eigenvalue weighted by molar-refractivity contribution is 7.89. The Morgan fingerprint density at radius 2 is 2.10 bits per heavy atom. The second-order valence-electron chi connectivity index (χ2n) is 4.83. The minimum atomic E-state index is -3.51. The predicted molar refractivity (Wildman–Crippen MR) is 83.4 cm³/mol. The number of thiophene rings is 1. The van der Waals surface area contributed by atoms with E-state index >= 15 is 0 Å². The molecule has 0 saturated carbocycles. The number of rotatable bonds is 5. The molecule has 20 heavy (non-hydrogen) atoms. The highest BCUT2D eigenvalue weighted by Crippen LogP contribution is 2.19. The quantitative estimate of drug-likeness (QED) is 0.834. The lowest BCUT2D eigenvalue weighted by Gasteiger charge is -2.15. The normalized spacial score (nSPS) is 13.3. The van der Waals surface area contributed by atoms with Crippen molar-refractivity contribution in [2.45, 2.75) is 31.2 Å². The molecule has 2 aromatic rings. The van der Waals surface area contributed by atoms with Crippen molar-refractivity contribution in [1.29, 1.82) is 0 Å². The molecule has 0 aliphatic carbocycles.